The fourth-order valence-electron chi connectivity index (χ4n) is 8.97. The lowest BCUT2D eigenvalue weighted by atomic mass is 10.1. The summed E-state index contributed by atoms with van der Waals surface area (Å²) in [5.74, 6) is -1.49. The van der Waals surface area contributed by atoms with Crippen molar-refractivity contribution in [2.24, 2.45) is 0 Å². The van der Waals surface area contributed by atoms with Crippen LogP contribution in [0.5, 0.6) is 0 Å². The molecule has 2 saturated heterocycles. The molecule has 1 amide bonds. The van der Waals surface area contributed by atoms with Crippen LogP contribution >= 0.6 is 15.0 Å². The van der Waals surface area contributed by atoms with Gasteiger partial charge in [0.15, 0.2) is 47.1 Å². The Morgan fingerprint density at radius 1 is 0.973 bits per heavy atom. The number of aliphatic hydroxyl groups is 1. The largest absolute Gasteiger partial charge is 0.414 e. The molecule has 4 aromatic heterocycles. The van der Waals surface area contributed by atoms with E-state index in [-0.39, 0.29) is 57.8 Å². The van der Waals surface area contributed by atoms with Crippen LogP contribution in [0.1, 0.15) is 84.6 Å². The van der Waals surface area contributed by atoms with Crippen molar-refractivity contribution in [1.29, 1.82) is 5.26 Å². The van der Waals surface area contributed by atoms with E-state index in [0.29, 0.717) is 5.56 Å². The van der Waals surface area contributed by atoms with E-state index in [1.54, 1.807) is 30.3 Å². The summed E-state index contributed by atoms with van der Waals surface area (Å²) in [4.78, 5) is 67.6. The van der Waals surface area contributed by atoms with Gasteiger partial charge in [0.05, 0.1) is 45.0 Å². The molecule has 1 aromatic carbocycles. The molecule has 6 heterocycles. The number of aromatic amines is 1. The standard InChI is InChI=1S/C43H59F2N9O14P2SSi2/c1-23(2)72(60,24(3)4)68-73(25(5)6,26(7)8)67-35-29(18-55)63-43(53-17-28(44)31-38(53)48-21-50-41(31)57)36(35)66-70(71,61-16-12-15-46)62-19-30-34(65-69(58)59)32(45)42(64-30)54-22-51-33-37(47-20-49-39(33)54)52-40(56)27-13-10-9-11-14-27/h9-11,13-14,17,20-26,29-30,32,34-36,42-43,55,60,69H,12,16,18-19H2,1-8H3,(H,58,59)(H,48,50,57)(H,47,49,52,56)/t29-,30-,32-,34-,35-,36-,42-,43-,70?/m1/s1. The molecule has 0 spiro atoms. The second-order valence-electron chi connectivity index (χ2n) is 18.6. The molecule has 398 valence electrons. The van der Waals surface area contributed by atoms with Crippen LogP contribution in [0.4, 0.5) is 14.6 Å². The SMILES string of the molecule is CC(C)[Si](O)(O[Si](O[C@H]1[C@@H](OP(=S)(OCCC#N)OC[C@H]2O[C@@H](n3cnc4c(NC(=O)c5ccccc5)ncnc43)[C@H](F)[C@@H]2O[PH](=O)O)[C@H](n2cc(F)c3c(=O)[nH]cnc32)O[C@@H]1CO)(C(C)C)C(C)C)C(C)C. The summed E-state index contributed by atoms with van der Waals surface area (Å²) in [7, 11) is -11.2. The first kappa shape index (κ1) is 56.6. The van der Waals surface area contributed by atoms with Gasteiger partial charge in [-0.3, -0.25) is 23.2 Å². The van der Waals surface area contributed by atoms with E-state index in [0.717, 1.165) is 18.9 Å². The summed E-state index contributed by atoms with van der Waals surface area (Å²) in [5, 5.41) is 22.8. The maximum Gasteiger partial charge on any atom is 0.335 e. The van der Waals surface area contributed by atoms with Gasteiger partial charge in [0.25, 0.3) is 11.5 Å². The molecule has 0 aliphatic carbocycles. The third-order valence-electron chi connectivity index (χ3n) is 12.7. The van der Waals surface area contributed by atoms with Gasteiger partial charge in [0, 0.05) is 11.8 Å². The fourth-order valence-corrected chi connectivity index (χ4v) is 21.5. The van der Waals surface area contributed by atoms with Gasteiger partial charge in [-0.15, -0.1) is 0 Å². The van der Waals surface area contributed by atoms with Crippen LogP contribution in [-0.2, 0) is 52.5 Å². The fraction of sp³-hybridized carbons (Fsp3) is 0.558. The van der Waals surface area contributed by atoms with Gasteiger partial charge in [-0.1, -0.05) is 73.6 Å². The van der Waals surface area contributed by atoms with Gasteiger partial charge in [-0.2, -0.15) is 5.26 Å². The number of amides is 1. The highest BCUT2D eigenvalue weighted by Crippen LogP contribution is 2.57. The Balaban J connectivity index is 1.26. The molecule has 0 saturated carbocycles. The van der Waals surface area contributed by atoms with Crippen molar-refractivity contribution in [3.05, 3.63) is 77.2 Å². The smallest absolute Gasteiger partial charge is 0.335 e. The maximum absolute atomic E-state index is 16.8. The van der Waals surface area contributed by atoms with E-state index >= 15 is 8.78 Å². The van der Waals surface area contributed by atoms with Gasteiger partial charge in [-0.05, 0) is 46.1 Å². The summed E-state index contributed by atoms with van der Waals surface area (Å²) < 4.78 is 98.3. The summed E-state index contributed by atoms with van der Waals surface area (Å²) in [6, 6.07) is 10.2. The number of rotatable bonds is 23. The number of carbonyl (C=O) groups is 1. The molecule has 0 radical (unpaired) electrons. The Hall–Kier alpha value is -4.12. The number of ether oxygens (including phenoxy) is 2. The second-order valence-corrected chi connectivity index (χ2v) is 31.0. The van der Waals surface area contributed by atoms with Crippen LogP contribution < -0.4 is 10.9 Å². The molecule has 0 bridgehead atoms. The third kappa shape index (κ3) is 11.7. The number of nitriles is 1. The summed E-state index contributed by atoms with van der Waals surface area (Å²) >= 11 is 6.04. The Morgan fingerprint density at radius 3 is 2.29 bits per heavy atom. The average Bonchev–Trinajstić information content (AvgIpc) is 4.10. The number of nitrogens with zero attached hydrogens (tertiary/aromatic N) is 7. The van der Waals surface area contributed by atoms with Crippen molar-refractivity contribution in [2.75, 3.05) is 25.1 Å². The highest BCUT2D eigenvalue weighted by molar-refractivity contribution is 8.07. The zero-order valence-electron chi connectivity index (χ0n) is 41.0. The Labute approximate surface area is 426 Å². The van der Waals surface area contributed by atoms with Crippen LogP contribution in [-0.4, -0.2) is 128 Å². The first-order valence-corrected chi connectivity index (χ1v) is 31.2. The van der Waals surface area contributed by atoms with Crippen molar-refractivity contribution in [3.8, 4) is 6.07 Å². The Kier molecular flexibility index (Phi) is 18.2. The van der Waals surface area contributed by atoms with Crippen LogP contribution in [0.25, 0.3) is 22.2 Å². The Morgan fingerprint density at radius 2 is 1.66 bits per heavy atom. The molecule has 10 atom stereocenters. The zero-order valence-corrected chi connectivity index (χ0v) is 45.7. The van der Waals surface area contributed by atoms with Crippen LogP contribution in [0, 0.1) is 17.1 Å². The number of hydrogen-bond donors (Lipinski definition) is 5. The van der Waals surface area contributed by atoms with E-state index in [2.05, 4.69) is 30.2 Å². The predicted octanol–water partition coefficient (Wildman–Crippen LogP) is 6.32. The number of anilines is 1. The van der Waals surface area contributed by atoms with Crippen molar-refractivity contribution >= 4 is 77.8 Å². The van der Waals surface area contributed by atoms with Gasteiger partial charge in [0.2, 0.25) is 0 Å². The molecule has 5 N–H and O–H groups in total. The van der Waals surface area contributed by atoms with Gasteiger partial charge in [0.1, 0.15) is 42.2 Å². The van der Waals surface area contributed by atoms with E-state index in [1.165, 1.54) is 15.5 Å². The normalized spacial score (nSPS) is 24.1. The average molecular weight is 1110 g/mol. The number of carbonyl (C=O) groups excluding carboxylic acids is 1. The highest BCUT2D eigenvalue weighted by Gasteiger charge is 2.60. The van der Waals surface area contributed by atoms with Gasteiger partial charge >= 0.3 is 32.1 Å². The lowest BCUT2D eigenvalue weighted by molar-refractivity contribution is -0.0560. The number of alkyl halides is 1. The molecule has 2 aliphatic heterocycles. The predicted molar refractivity (Wildman–Crippen MR) is 267 cm³/mol. The Bertz CT molecular complexity index is 2900. The molecule has 2 unspecified atom stereocenters. The molecule has 5 aromatic rings. The number of nitrogens with one attached hydrogen (secondary N) is 2. The molecule has 23 nitrogen and oxygen atoms in total. The van der Waals surface area contributed by atoms with Gasteiger partial charge in [-0.25, -0.2) is 28.7 Å². The number of hydrogen-bond acceptors (Lipinski definition) is 19. The highest BCUT2D eigenvalue weighted by atomic mass is 32.5. The minimum Gasteiger partial charge on any atom is -0.414 e. The maximum atomic E-state index is 16.8. The molecule has 7 rings (SSSR count). The molecular formula is C43H59F2N9O14P2SSi2. The lowest BCUT2D eigenvalue weighted by Gasteiger charge is -2.47. The van der Waals surface area contributed by atoms with Crippen LogP contribution in [0.15, 0.2) is 60.3 Å². The minimum absolute atomic E-state index is 0.00419. The van der Waals surface area contributed by atoms with Crippen molar-refractivity contribution < 1.29 is 69.0 Å². The number of aromatic nitrogens is 7. The van der Waals surface area contributed by atoms with Crippen molar-refractivity contribution in [1.82, 2.24) is 34.1 Å². The first-order chi connectivity index (χ1) is 34.6. The van der Waals surface area contributed by atoms with E-state index < -0.39 is 117 Å². The minimum atomic E-state index is -4.37. The van der Waals surface area contributed by atoms with Crippen molar-refractivity contribution in [2.45, 2.75) is 133 Å². The van der Waals surface area contributed by atoms with Crippen LogP contribution in [0.3, 0.4) is 0 Å². The molecular weight excluding hydrogens is 1050 g/mol. The number of fused-ring (bicyclic) bond motifs is 2. The molecule has 73 heavy (non-hydrogen) atoms. The van der Waals surface area contributed by atoms with Gasteiger partial charge < -0.3 is 61.2 Å². The summed E-state index contributed by atoms with van der Waals surface area (Å²) in [5.41, 5.74) is -1.94. The second kappa shape index (κ2) is 23.4. The molecule has 2 fully saturated rings. The molecule has 30 heteroatoms. The van der Waals surface area contributed by atoms with E-state index in [9.17, 15) is 34.2 Å². The van der Waals surface area contributed by atoms with E-state index in [4.69, 9.17) is 47.9 Å². The number of halogens is 2. The quantitative estimate of drug-likeness (QED) is 0.0271. The van der Waals surface area contributed by atoms with E-state index in [1.807, 2.05) is 61.5 Å². The first-order valence-electron chi connectivity index (χ1n) is 23.4. The zero-order chi connectivity index (χ0) is 53.2. The molecule has 2 aliphatic rings. The number of imidazole rings is 1. The summed E-state index contributed by atoms with van der Waals surface area (Å²) in [6.07, 6.45) is -8.82. The number of aliphatic hydroxyl groups excluding tert-OH is 1. The van der Waals surface area contributed by atoms with Crippen molar-refractivity contribution in [3.63, 3.8) is 0 Å². The van der Waals surface area contributed by atoms with Crippen LogP contribution in [0.2, 0.25) is 22.2 Å². The number of benzene rings is 1. The summed E-state index contributed by atoms with van der Waals surface area (Å²) in [6.45, 7) is 8.79. The lowest BCUT2D eigenvalue weighted by Crippen LogP contribution is -2.62. The topological polar surface area (TPSA) is 299 Å². The monoisotopic (exact) mass is 1110 g/mol. The number of H-pyrrole nitrogens is 1. The third-order valence-corrected chi connectivity index (χ3v) is 25.3.